The van der Waals surface area contributed by atoms with E-state index < -0.39 is 20.9 Å². The molecular weight excluding hydrogens is 340 g/mol. The standard InChI is InChI=1S/C14H12N2O7S/c1-23-12-8-11(16(19)20)6-7-13(12)24(21,22)15-10-4-2-9(3-5-10)14(17)18/h2-8,15H,1H3,(H,17,18). The molecule has 24 heavy (non-hydrogen) atoms. The van der Waals surface area contributed by atoms with Crippen LogP contribution in [0.15, 0.2) is 47.4 Å². The van der Waals surface area contributed by atoms with Gasteiger partial charge in [-0.25, -0.2) is 13.2 Å². The lowest BCUT2D eigenvalue weighted by atomic mass is 10.2. The third-order valence-corrected chi connectivity index (χ3v) is 4.45. The molecule has 0 radical (unpaired) electrons. The van der Waals surface area contributed by atoms with Crippen molar-refractivity contribution in [3.8, 4) is 5.75 Å². The molecule has 0 spiro atoms. The second kappa shape index (κ2) is 6.54. The van der Waals surface area contributed by atoms with Crippen LogP contribution in [0.3, 0.4) is 0 Å². The molecule has 2 aromatic carbocycles. The molecule has 0 saturated carbocycles. The van der Waals surface area contributed by atoms with Gasteiger partial charge in [0.2, 0.25) is 0 Å². The van der Waals surface area contributed by atoms with E-state index >= 15 is 0 Å². The molecule has 9 nitrogen and oxygen atoms in total. The van der Waals surface area contributed by atoms with Gasteiger partial charge >= 0.3 is 5.97 Å². The van der Waals surface area contributed by atoms with Crippen LogP contribution >= 0.6 is 0 Å². The summed E-state index contributed by atoms with van der Waals surface area (Å²) < 4.78 is 32.0. The zero-order chi connectivity index (χ0) is 17.9. The zero-order valence-corrected chi connectivity index (χ0v) is 13.1. The number of nitro groups is 1. The summed E-state index contributed by atoms with van der Waals surface area (Å²) in [6.45, 7) is 0. The van der Waals surface area contributed by atoms with Gasteiger partial charge in [-0.15, -0.1) is 0 Å². The van der Waals surface area contributed by atoms with Crippen LogP contribution in [0.25, 0.3) is 0 Å². The third kappa shape index (κ3) is 3.60. The van der Waals surface area contributed by atoms with Gasteiger partial charge in [-0.3, -0.25) is 14.8 Å². The number of anilines is 1. The van der Waals surface area contributed by atoms with E-state index in [4.69, 9.17) is 9.84 Å². The predicted octanol–water partition coefficient (Wildman–Crippen LogP) is 2.10. The fourth-order valence-corrected chi connectivity index (χ4v) is 3.09. The fraction of sp³-hybridized carbons (Fsp3) is 0.0714. The number of carboxylic acids is 1. The van der Waals surface area contributed by atoms with E-state index in [0.29, 0.717) is 0 Å². The van der Waals surface area contributed by atoms with E-state index in [0.717, 1.165) is 18.2 Å². The number of hydrogen-bond donors (Lipinski definition) is 2. The lowest BCUT2D eigenvalue weighted by molar-refractivity contribution is -0.385. The molecule has 0 amide bonds. The molecule has 0 aromatic heterocycles. The van der Waals surface area contributed by atoms with Gasteiger partial charge < -0.3 is 9.84 Å². The molecule has 0 saturated heterocycles. The largest absolute Gasteiger partial charge is 0.495 e. The van der Waals surface area contributed by atoms with Crippen LogP contribution in [-0.4, -0.2) is 31.5 Å². The maximum atomic E-state index is 12.4. The van der Waals surface area contributed by atoms with Gasteiger partial charge in [0, 0.05) is 11.8 Å². The van der Waals surface area contributed by atoms with Crippen LogP contribution in [0, 0.1) is 10.1 Å². The summed E-state index contributed by atoms with van der Waals surface area (Å²) in [4.78, 5) is 20.6. The van der Waals surface area contributed by atoms with Crippen LogP contribution < -0.4 is 9.46 Å². The number of hydrogen-bond acceptors (Lipinski definition) is 6. The average molecular weight is 352 g/mol. The highest BCUT2D eigenvalue weighted by molar-refractivity contribution is 7.92. The number of nitrogens with zero attached hydrogens (tertiary/aromatic N) is 1. The summed E-state index contributed by atoms with van der Waals surface area (Å²) >= 11 is 0. The van der Waals surface area contributed by atoms with Crippen molar-refractivity contribution in [3.05, 3.63) is 58.1 Å². The molecule has 0 fully saturated rings. The normalized spacial score (nSPS) is 10.9. The number of rotatable bonds is 6. The lowest BCUT2D eigenvalue weighted by Gasteiger charge is -2.11. The Kier molecular flexibility index (Phi) is 4.69. The highest BCUT2D eigenvalue weighted by atomic mass is 32.2. The first kappa shape index (κ1) is 17.2. The van der Waals surface area contributed by atoms with Crippen LogP contribution in [0.1, 0.15) is 10.4 Å². The van der Waals surface area contributed by atoms with Crippen LogP contribution in [0.4, 0.5) is 11.4 Å². The van der Waals surface area contributed by atoms with Crippen molar-refractivity contribution in [1.29, 1.82) is 0 Å². The predicted molar refractivity (Wildman–Crippen MR) is 83.9 cm³/mol. The van der Waals surface area contributed by atoms with Crippen molar-refractivity contribution in [1.82, 2.24) is 0 Å². The highest BCUT2D eigenvalue weighted by Gasteiger charge is 2.22. The first-order valence-corrected chi connectivity index (χ1v) is 7.91. The number of aromatic carboxylic acids is 1. The van der Waals surface area contributed by atoms with Gasteiger partial charge in [0.15, 0.2) is 0 Å². The van der Waals surface area contributed by atoms with Crippen LogP contribution in [0.5, 0.6) is 5.75 Å². The molecule has 2 aromatic rings. The number of carbonyl (C=O) groups is 1. The van der Waals surface area contributed by atoms with Gasteiger partial charge in [0.1, 0.15) is 10.6 Å². The Morgan fingerprint density at radius 3 is 2.33 bits per heavy atom. The Balaban J connectivity index is 2.36. The average Bonchev–Trinajstić information content (AvgIpc) is 2.54. The molecule has 0 aliphatic heterocycles. The molecule has 126 valence electrons. The number of benzene rings is 2. The Labute approximate surface area is 136 Å². The van der Waals surface area contributed by atoms with Crippen molar-refractivity contribution in [2.75, 3.05) is 11.8 Å². The molecule has 10 heteroatoms. The number of nitrogens with one attached hydrogen (secondary N) is 1. The Morgan fingerprint density at radius 1 is 1.21 bits per heavy atom. The number of methoxy groups -OCH3 is 1. The van der Waals surface area contributed by atoms with E-state index in [1.165, 1.54) is 31.4 Å². The summed E-state index contributed by atoms with van der Waals surface area (Å²) in [6.07, 6.45) is 0. The number of sulfonamides is 1. The smallest absolute Gasteiger partial charge is 0.335 e. The van der Waals surface area contributed by atoms with Crippen LogP contribution in [-0.2, 0) is 10.0 Å². The molecular formula is C14H12N2O7S. The first-order chi connectivity index (χ1) is 11.2. The number of ether oxygens (including phenoxy) is 1. The minimum Gasteiger partial charge on any atom is -0.495 e. The van der Waals surface area contributed by atoms with Crippen molar-refractivity contribution < 1.29 is 28.0 Å². The monoisotopic (exact) mass is 352 g/mol. The van der Waals surface area contributed by atoms with E-state index in [1.807, 2.05) is 0 Å². The summed E-state index contributed by atoms with van der Waals surface area (Å²) in [5.41, 5.74) is -0.164. The van der Waals surface area contributed by atoms with Crippen molar-refractivity contribution in [2.45, 2.75) is 4.90 Å². The molecule has 2 N–H and O–H groups in total. The van der Waals surface area contributed by atoms with E-state index in [1.54, 1.807) is 0 Å². The molecule has 0 atom stereocenters. The fourth-order valence-electron chi connectivity index (χ4n) is 1.88. The lowest BCUT2D eigenvalue weighted by Crippen LogP contribution is -2.14. The summed E-state index contributed by atoms with van der Waals surface area (Å²) in [6, 6.07) is 8.18. The van der Waals surface area contributed by atoms with Gasteiger partial charge in [0.05, 0.1) is 23.7 Å². The Morgan fingerprint density at radius 2 is 1.83 bits per heavy atom. The van der Waals surface area contributed by atoms with Gasteiger partial charge in [-0.2, -0.15) is 0 Å². The number of carboxylic acid groups (broad SMARTS) is 1. The maximum Gasteiger partial charge on any atom is 0.335 e. The quantitative estimate of drug-likeness (QED) is 0.600. The second-order valence-corrected chi connectivity index (χ2v) is 6.23. The third-order valence-electron chi connectivity index (χ3n) is 3.03. The Bertz CT molecular complexity index is 892. The number of nitro benzene ring substituents is 1. The molecule has 0 aliphatic rings. The van der Waals surface area contributed by atoms with Crippen molar-refractivity contribution in [3.63, 3.8) is 0 Å². The maximum absolute atomic E-state index is 12.4. The van der Waals surface area contributed by atoms with E-state index in [-0.39, 0.29) is 27.6 Å². The van der Waals surface area contributed by atoms with Crippen molar-refractivity contribution in [2.24, 2.45) is 0 Å². The molecule has 0 unspecified atom stereocenters. The van der Waals surface area contributed by atoms with Gasteiger partial charge in [0.25, 0.3) is 15.7 Å². The first-order valence-electron chi connectivity index (χ1n) is 6.43. The molecule has 0 heterocycles. The molecule has 0 bridgehead atoms. The van der Waals surface area contributed by atoms with Gasteiger partial charge in [-0.1, -0.05) is 0 Å². The summed E-state index contributed by atoms with van der Waals surface area (Å²) in [5, 5.41) is 19.6. The topological polar surface area (TPSA) is 136 Å². The molecule has 2 rings (SSSR count). The minimum absolute atomic E-state index is 0.00543. The number of non-ortho nitro benzene ring substituents is 1. The zero-order valence-electron chi connectivity index (χ0n) is 12.3. The SMILES string of the molecule is COc1cc([N+](=O)[O-])ccc1S(=O)(=O)Nc1ccc(C(=O)O)cc1. The van der Waals surface area contributed by atoms with E-state index in [2.05, 4.69) is 4.72 Å². The second-order valence-electron chi connectivity index (χ2n) is 4.58. The van der Waals surface area contributed by atoms with E-state index in [9.17, 15) is 23.3 Å². The summed E-state index contributed by atoms with van der Waals surface area (Å²) in [7, 11) is -2.88. The highest BCUT2D eigenvalue weighted by Crippen LogP contribution is 2.29. The van der Waals surface area contributed by atoms with Gasteiger partial charge in [-0.05, 0) is 30.3 Å². The van der Waals surface area contributed by atoms with Crippen molar-refractivity contribution >= 4 is 27.4 Å². The molecule has 0 aliphatic carbocycles. The Hall–Kier alpha value is -3.14. The minimum atomic E-state index is -4.08. The van der Waals surface area contributed by atoms with Crippen LogP contribution in [0.2, 0.25) is 0 Å². The summed E-state index contributed by atoms with van der Waals surface area (Å²) in [5.74, 6) is -1.32.